The zero-order chi connectivity index (χ0) is 6.57. The molecule has 0 amide bonds. The summed E-state index contributed by atoms with van der Waals surface area (Å²) in [5.41, 5.74) is 0. The van der Waals surface area contributed by atoms with Gasteiger partial charge in [-0.05, 0) is 0 Å². The largest absolute Gasteiger partial charge is 0.344 e. The van der Waals surface area contributed by atoms with Crippen LogP contribution in [-0.4, -0.2) is 13.1 Å². The van der Waals surface area contributed by atoms with E-state index in [4.69, 9.17) is 0 Å². The average Bonchev–Trinajstić information content (AvgIpc) is 1.67. The van der Waals surface area contributed by atoms with E-state index in [-0.39, 0.29) is 24.3 Å². The van der Waals surface area contributed by atoms with E-state index in [2.05, 4.69) is 9.78 Å². The van der Waals surface area contributed by atoms with Crippen LogP contribution in [0.25, 0.3) is 0 Å². The van der Waals surface area contributed by atoms with Crippen LogP contribution in [0.4, 0.5) is 0 Å². The second kappa shape index (κ2) is 5.85. The van der Waals surface area contributed by atoms with Gasteiger partial charge in [-0.15, -0.1) is 12.4 Å². The van der Waals surface area contributed by atoms with Crippen LogP contribution in [0.3, 0.4) is 0 Å². The lowest BCUT2D eigenvalue weighted by molar-refractivity contribution is -0.258. The monoisotopic (exact) mass is 154 g/mol. The van der Waals surface area contributed by atoms with E-state index in [1.54, 1.807) is 13.8 Å². The van der Waals surface area contributed by atoms with Crippen LogP contribution in [0.2, 0.25) is 0 Å². The Morgan fingerprint density at radius 1 is 1.44 bits per heavy atom. The highest BCUT2D eigenvalue weighted by molar-refractivity contribution is 5.85. The first-order valence-corrected chi connectivity index (χ1v) is 2.43. The number of hydrogen-bond acceptors (Lipinski definition) is 3. The maximum atomic E-state index is 10.4. The molecule has 9 heavy (non-hydrogen) atoms. The summed E-state index contributed by atoms with van der Waals surface area (Å²) in [4.78, 5) is 18.7. The minimum Gasteiger partial charge on any atom is -0.298 e. The topological polar surface area (TPSA) is 35.5 Å². The average molecular weight is 155 g/mol. The number of rotatable bonds is 2. The molecule has 0 radical (unpaired) electrons. The van der Waals surface area contributed by atoms with Crippen LogP contribution in [-0.2, 0) is 14.6 Å². The van der Waals surface area contributed by atoms with Crippen molar-refractivity contribution in [3.05, 3.63) is 0 Å². The molecule has 0 aromatic rings. The van der Waals surface area contributed by atoms with Gasteiger partial charge in [0.1, 0.15) is 0 Å². The normalized spacial score (nSPS) is 8.44. The second-order valence-electron chi connectivity index (χ2n) is 1.72. The Labute approximate surface area is 60.7 Å². The molecule has 0 heterocycles. The fourth-order valence-corrected chi connectivity index (χ4v) is 0.178. The molecule has 0 atom stereocenters. The number of carbonyl (C=O) groups is 1. The van der Waals surface area contributed by atoms with Crippen LogP contribution >= 0.6 is 12.4 Å². The summed E-state index contributed by atoms with van der Waals surface area (Å²) in [5.74, 6) is -0.456. The minimum absolute atomic E-state index is 0. The summed E-state index contributed by atoms with van der Waals surface area (Å²) < 4.78 is 0. The third kappa shape index (κ3) is 5.59. The third-order valence-corrected chi connectivity index (χ3v) is 0.637. The van der Waals surface area contributed by atoms with Crippen molar-refractivity contribution >= 4 is 18.4 Å². The van der Waals surface area contributed by atoms with Crippen LogP contribution in [0.15, 0.2) is 0 Å². The first-order chi connectivity index (χ1) is 3.68. The highest BCUT2D eigenvalue weighted by Gasteiger charge is 2.07. The van der Waals surface area contributed by atoms with Crippen molar-refractivity contribution in [2.24, 2.45) is 5.92 Å². The van der Waals surface area contributed by atoms with E-state index in [0.717, 1.165) is 0 Å². The quantitative estimate of drug-likeness (QED) is 0.443. The van der Waals surface area contributed by atoms with Crippen LogP contribution in [0, 0.1) is 5.92 Å². The van der Waals surface area contributed by atoms with E-state index in [0.29, 0.717) is 0 Å². The van der Waals surface area contributed by atoms with E-state index >= 15 is 0 Å². The molecule has 0 aliphatic heterocycles. The zero-order valence-corrected chi connectivity index (χ0v) is 6.53. The van der Waals surface area contributed by atoms with Gasteiger partial charge >= 0.3 is 5.97 Å². The molecule has 0 saturated carbocycles. The number of hydrogen-bond donors (Lipinski definition) is 0. The van der Waals surface area contributed by atoms with Gasteiger partial charge in [-0.1, -0.05) is 13.8 Å². The van der Waals surface area contributed by atoms with Crippen molar-refractivity contribution in [1.82, 2.24) is 0 Å². The highest BCUT2D eigenvalue weighted by Crippen LogP contribution is 1.94. The predicted molar refractivity (Wildman–Crippen MR) is 35.2 cm³/mol. The van der Waals surface area contributed by atoms with E-state index < -0.39 is 0 Å². The summed E-state index contributed by atoms with van der Waals surface area (Å²) in [6.07, 6.45) is 0. The fraction of sp³-hybridized carbons (Fsp3) is 0.800. The Balaban J connectivity index is 0. The van der Waals surface area contributed by atoms with Gasteiger partial charge in [0.15, 0.2) is 0 Å². The summed E-state index contributed by atoms with van der Waals surface area (Å²) >= 11 is 0. The van der Waals surface area contributed by atoms with Gasteiger partial charge in [0.2, 0.25) is 0 Å². The molecule has 56 valence electrons. The lowest BCUT2D eigenvalue weighted by Gasteiger charge is -1.99. The molecule has 4 heteroatoms. The summed E-state index contributed by atoms with van der Waals surface area (Å²) in [7, 11) is 1.31. The molecular formula is C5H11ClO3. The standard InChI is InChI=1S/C5H10O3.ClH/c1-4(2)5(6)8-7-3;/h4H,1-3H3;1H. The molecule has 0 saturated heterocycles. The number of carbonyl (C=O) groups excluding carboxylic acids is 1. The fourth-order valence-electron chi connectivity index (χ4n) is 0.178. The molecule has 0 aromatic carbocycles. The lowest BCUT2D eigenvalue weighted by Crippen LogP contribution is -2.10. The first kappa shape index (κ1) is 11.5. The van der Waals surface area contributed by atoms with Gasteiger partial charge in [-0.25, -0.2) is 4.79 Å². The Hall–Kier alpha value is -0.280. The predicted octanol–water partition coefficient (Wildman–Crippen LogP) is 1.17. The molecule has 0 bridgehead atoms. The molecule has 0 spiro atoms. The zero-order valence-electron chi connectivity index (χ0n) is 5.71. The van der Waals surface area contributed by atoms with Crippen molar-refractivity contribution in [2.45, 2.75) is 13.8 Å². The molecule has 0 aromatic heterocycles. The molecule has 0 rings (SSSR count). The Kier molecular flexibility index (Phi) is 7.48. The maximum Gasteiger partial charge on any atom is 0.344 e. The van der Waals surface area contributed by atoms with Crippen molar-refractivity contribution < 1.29 is 14.6 Å². The van der Waals surface area contributed by atoms with Crippen LogP contribution < -0.4 is 0 Å². The molecule has 0 fully saturated rings. The van der Waals surface area contributed by atoms with Gasteiger partial charge in [-0.3, -0.25) is 4.89 Å². The smallest absolute Gasteiger partial charge is 0.298 e. The van der Waals surface area contributed by atoms with Gasteiger partial charge in [0.25, 0.3) is 0 Å². The SMILES string of the molecule is COOC(=O)C(C)C.Cl. The van der Waals surface area contributed by atoms with Gasteiger partial charge < -0.3 is 0 Å². The van der Waals surface area contributed by atoms with Crippen molar-refractivity contribution in [1.29, 1.82) is 0 Å². The molecule has 0 N–H and O–H groups in total. The van der Waals surface area contributed by atoms with Gasteiger partial charge in [0.05, 0.1) is 13.0 Å². The summed E-state index contributed by atoms with van der Waals surface area (Å²) in [6.45, 7) is 3.47. The van der Waals surface area contributed by atoms with Crippen LogP contribution in [0.5, 0.6) is 0 Å². The molecular weight excluding hydrogens is 144 g/mol. The number of halogens is 1. The summed E-state index contributed by atoms with van der Waals surface area (Å²) in [5, 5.41) is 0. The maximum absolute atomic E-state index is 10.4. The molecule has 0 unspecified atom stereocenters. The minimum atomic E-state index is -0.340. The third-order valence-electron chi connectivity index (χ3n) is 0.637. The first-order valence-electron chi connectivity index (χ1n) is 2.43. The Bertz CT molecular complexity index is 82.3. The lowest BCUT2D eigenvalue weighted by atomic mass is 10.2. The molecule has 0 aliphatic rings. The van der Waals surface area contributed by atoms with Crippen LogP contribution in [0.1, 0.15) is 13.8 Å². The second-order valence-corrected chi connectivity index (χ2v) is 1.72. The van der Waals surface area contributed by atoms with E-state index in [1.807, 2.05) is 0 Å². The van der Waals surface area contributed by atoms with E-state index in [9.17, 15) is 4.79 Å². The van der Waals surface area contributed by atoms with E-state index in [1.165, 1.54) is 7.11 Å². The Morgan fingerprint density at radius 3 is 2.00 bits per heavy atom. The highest BCUT2D eigenvalue weighted by atomic mass is 35.5. The van der Waals surface area contributed by atoms with Crippen molar-refractivity contribution in [3.8, 4) is 0 Å². The molecule has 0 aliphatic carbocycles. The van der Waals surface area contributed by atoms with Crippen molar-refractivity contribution in [2.75, 3.05) is 7.11 Å². The Morgan fingerprint density at radius 2 is 1.89 bits per heavy atom. The van der Waals surface area contributed by atoms with Gasteiger partial charge in [-0.2, -0.15) is 4.89 Å². The summed E-state index contributed by atoms with van der Waals surface area (Å²) in [6, 6.07) is 0. The van der Waals surface area contributed by atoms with Crippen molar-refractivity contribution in [3.63, 3.8) is 0 Å². The molecule has 3 nitrogen and oxygen atoms in total. The van der Waals surface area contributed by atoms with Gasteiger partial charge in [0, 0.05) is 0 Å².